The van der Waals surface area contributed by atoms with E-state index in [1.54, 1.807) is 30.3 Å². The van der Waals surface area contributed by atoms with Gasteiger partial charge in [0, 0.05) is 27.6 Å². The van der Waals surface area contributed by atoms with Gasteiger partial charge in [0.2, 0.25) is 5.13 Å². The first-order chi connectivity index (χ1) is 13.4. The van der Waals surface area contributed by atoms with Gasteiger partial charge in [0.15, 0.2) is 0 Å². The minimum Gasteiger partial charge on any atom is -0.457 e. The maximum absolute atomic E-state index is 12.4. The van der Waals surface area contributed by atoms with Crippen LogP contribution in [0.3, 0.4) is 0 Å². The summed E-state index contributed by atoms with van der Waals surface area (Å²) in [6.45, 7) is 3.96. The molecule has 3 rings (SSSR count). The predicted molar refractivity (Wildman–Crippen MR) is 110 cm³/mol. The maximum atomic E-state index is 12.4. The Morgan fingerprint density at radius 3 is 2.57 bits per heavy atom. The first-order valence-corrected chi connectivity index (χ1v) is 9.76. The van der Waals surface area contributed by atoms with Gasteiger partial charge in [-0.25, -0.2) is 0 Å². The maximum Gasteiger partial charge on any atom is 0.268 e. The highest BCUT2D eigenvalue weighted by atomic mass is 35.5. The fourth-order valence-electron chi connectivity index (χ4n) is 2.26. The Morgan fingerprint density at radius 1 is 1.25 bits per heavy atom. The lowest BCUT2D eigenvalue weighted by Gasteiger charge is -2.00. The van der Waals surface area contributed by atoms with Crippen molar-refractivity contribution >= 4 is 51.7 Å². The van der Waals surface area contributed by atoms with Crippen LogP contribution >= 0.6 is 34.5 Å². The molecule has 3 aromatic rings. The average Bonchev–Trinajstić information content (AvgIpc) is 3.28. The first kappa shape index (κ1) is 20.1. The number of aromatic nitrogens is 2. The molecule has 1 amide bonds. The van der Waals surface area contributed by atoms with Gasteiger partial charge >= 0.3 is 0 Å². The van der Waals surface area contributed by atoms with Crippen LogP contribution in [0.15, 0.2) is 40.3 Å². The van der Waals surface area contributed by atoms with E-state index >= 15 is 0 Å². The van der Waals surface area contributed by atoms with Crippen molar-refractivity contribution in [1.29, 1.82) is 5.26 Å². The van der Waals surface area contributed by atoms with Gasteiger partial charge in [0.25, 0.3) is 5.91 Å². The van der Waals surface area contributed by atoms with Crippen LogP contribution in [0.1, 0.15) is 30.5 Å². The summed E-state index contributed by atoms with van der Waals surface area (Å²) < 4.78 is 5.70. The number of halogens is 2. The molecule has 1 N–H and O–H groups in total. The number of hydrogen-bond acceptors (Lipinski definition) is 6. The minimum absolute atomic E-state index is 0.119. The molecular weight excluding hydrogens is 419 g/mol. The van der Waals surface area contributed by atoms with E-state index in [0.29, 0.717) is 32.3 Å². The molecule has 2 heterocycles. The monoisotopic (exact) mass is 432 g/mol. The molecular formula is C19H14Cl2N4O2S. The van der Waals surface area contributed by atoms with Crippen molar-refractivity contribution in [1.82, 2.24) is 10.2 Å². The molecule has 0 bridgehead atoms. The Kier molecular flexibility index (Phi) is 6.15. The molecule has 0 aliphatic heterocycles. The zero-order chi connectivity index (χ0) is 20.3. The predicted octanol–water partition coefficient (Wildman–Crippen LogP) is 5.77. The van der Waals surface area contributed by atoms with Crippen molar-refractivity contribution in [3.8, 4) is 17.4 Å². The van der Waals surface area contributed by atoms with Gasteiger partial charge in [0.1, 0.15) is 28.2 Å². The molecule has 0 aliphatic rings. The number of benzene rings is 1. The number of nitrogens with zero attached hydrogens (tertiary/aromatic N) is 3. The van der Waals surface area contributed by atoms with E-state index in [0.717, 1.165) is 5.01 Å². The van der Waals surface area contributed by atoms with Gasteiger partial charge in [-0.15, -0.1) is 10.2 Å². The molecule has 9 heteroatoms. The lowest BCUT2D eigenvalue weighted by Crippen LogP contribution is -2.13. The average molecular weight is 433 g/mol. The molecule has 0 unspecified atom stereocenters. The van der Waals surface area contributed by atoms with Crippen LogP contribution in [0.25, 0.3) is 17.4 Å². The summed E-state index contributed by atoms with van der Waals surface area (Å²) >= 11 is 13.3. The lowest BCUT2D eigenvalue weighted by atomic mass is 10.2. The van der Waals surface area contributed by atoms with Gasteiger partial charge in [-0.1, -0.05) is 48.4 Å². The highest BCUT2D eigenvalue weighted by molar-refractivity contribution is 7.15. The summed E-state index contributed by atoms with van der Waals surface area (Å²) in [4.78, 5) is 12.4. The molecule has 0 saturated heterocycles. The fourth-order valence-corrected chi connectivity index (χ4v) is 3.52. The quantitative estimate of drug-likeness (QED) is 0.407. The summed E-state index contributed by atoms with van der Waals surface area (Å²) in [5.74, 6) is 0.477. The Bertz CT molecular complexity index is 1080. The number of rotatable bonds is 5. The van der Waals surface area contributed by atoms with Crippen LogP contribution in [-0.4, -0.2) is 16.1 Å². The van der Waals surface area contributed by atoms with E-state index < -0.39 is 5.91 Å². The molecule has 0 aliphatic carbocycles. The van der Waals surface area contributed by atoms with Crippen LogP contribution in [0.5, 0.6) is 0 Å². The summed E-state index contributed by atoms with van der Waals surface area (Å²) in [6.07, 6.45) is 1.36. The van der Waals surface area contributed by atoms with Crippen molar-refractivity contribution < 1.29 is 9.21 Å². The van der Waals surface area contributed by atoms with Gasteiger partial charge < -0.3 is 4.42 Å². The van der Waals surface area contributed by atoms with Gasteiger partial charge in [-0.05, 0) is 30.3 Å². The topological polar surface area (TPSA) is 91.8 Å². The smallest absolute Gasteiger partial charge is 0.268 e. The highest BCUT2D eigenvalue weighted by Crippen LogP contribution is 2.29. The van der Waals surface area contributed by atoms with E-state index in [2.05, 4.69) is 15.5 Å². The second-order valence-corrected chi connectivity index (χ2v) is 7.97. The Hall–Kier alpha value is -2.66. The summed E-state index contributed by atoms with van der Waals surface area (Å²) in [5, 5.41) is 21.9. The summed E-state index contributed by atoms with van der Waals surface area (Å²) in [7, 11) is 0. The fraction of sp³-hybridized carbons (Fsp3) is 0.158. The second kappa shape index (κ2) is 8.57. The Labute approximate surface area is 175 Å². The second-order valence-electron chi connectivity index (χ2n) is 6.08. The van der Waals surface area contributed by atoms with E-state index in [-0.39, 0.29) is 11.5 Å². The van der Waals surface area contributed by atoms with E-state index in [4.69, 9.17) is 27.6 Å². The number of carbonyl (C=O) groups excluding carboxylic acids is 1. The number of amides is 1. The molecule has 2 aromatic heterocycles. The van der Waals surface area contributed by atoms with Gasteiger partial charge in [-0.2, -0.15) is 5.26 Å². The number of carbonyl (C=O) groups is 1. The van der Waals surface area contributed by atoms with Gasteiger partial charge in [-0.3, -0.25) is 10.1 Å². The van der Waals surface area contributed by atoms with Crippen molar-refractivity contribution in [3.05, 3.63) is 56.7 Å². The lowest BCUT2D eigenvalue weighted by molar-refractivity contribution is -0.112. The molecule has 0 radical (unpaired) electrons. The zero-order valence-electron chi connectivity index (χ0n) is 14.9. The Morgan fingerprint density at radius 2 is 1.96 bits per heavy atom. The summed E-state index contributed by atoms with van der Waals surface area (Å²) in [6, 6.07) is 10.3. The first-order valence-electron chi connectivity index (χ1n) is 8.18. The number of anilines is 1. The molecule has 142 valence electrons. The van der Waals surface area contributed by atoms with Crippen LogP contribution < -0.4 is 5.32 Å². The highest BCUT2D eigenvalue weighted by Gasteiger charge is 2.15. The third-order valence-electron chi connectivity index (χ3n) is 3.58. The third-order valence-corrected chi connectivity index (χ3v) is 5.16. The van der Waals surface area contributed by atoms with E-state index in [1.807, 2.05) is 19.9 Å². The molecule has 28 heavy (non-hydrogen) atoms. The normalized spacial score (nSPS) is 11.5. The molecule has 1 aromatic carbocycles. The van der Waals surface area contributed by atoms with Crippen LogP contribution in [0, 0.1) is 11.3 Å². The Balaban J connectivity index is 1.79. The number of hydrogen-bond donors (Lipinski definition) is 1. The van der Waals surface area contributed by atoms with Crippen molar-refractivity contribution in [2.75, 3.05) is 5.32 Å². The molecule has 0 atom stereocenters. The standard InChI is InChI=1S/C19H14Cl2N4O2S/c1-10(2)18-24-25-19(28-18)23-17(26)12(9-22)7-15-3-4-16(27-15)11-5-13(20)8-14(21)6-11/h3-8,10H,1-2H3,(H,23,25,26)/b12-7-. The van der Waals surface area contributed by atoms with Crippen molar-refractivity contribution in [2.24, 2.45) is 0 Å². The molecule has 0 saturated carbocycles. The van der Waals surface area contributed by atoms with Crippen LogP contribution in [0.2, 0.25) is 10.0 Å². The summed E-state index contributed by atoms with van der Waals surface area (Å²) in [5.41, 5.74) is 0.571. The van der Waals surface area contributed by atoms with Crippen LogP contribution in [-0.2, 0) is 4.79 Å². The van der Waals surface area contributed by atoms with Crippen molar-refractivity contribution in [3.63, 3.8) is 0 Å². The van der Waals surface area contributed by atoms with E-state index in [9.17, 15) is 10.1 Å². The number of nitriles is 1. The molecule has 0 spiro atoms. The van der Waals surface area contributed by atoms with Gasteiger partial charge in [0.05, 0.1) is 0 Å². The van der Waals surface area contributed by atoms with E-state index in [1.165, 1.54) is 17.4 Å². The van der Waals surface area contributed by atoms with Crippen molar-refractivity contribution in [2.45, 2.75) is 19.8 Å². The SMILES string of the molecule is CC(C)c1nnc(NC(=O)/C(C#N)=C\c2ccc(-c3cc(Cl)cc(Cl)c3)o2)s1. The molecule has 6 nitrogen and oxygen atoms in total. The zero-order valence-corrected chi connectivity index (χ0v) is 17.2. The van der Waals surface area contributed by atoms with Crippen LogP contribution in [0.4, 0.5) is 5.13 Å². The third kappa shape index (κ3) is 4.78. The number of furan rings is 1. The largest absolute Gasteiger partial charge is 0.457 e. The number of nitrogens with one attached hydrogen (secondary N) is 1. The molecule has 0 fully saturated rings. The minimum atomic E-state index is -0.585.